The summed E-state index contributed by atoms with van der Waals surface area (Å²) in [6.45, 7) is 7.94. The Balaban J connectivity index is 1.80. The molecular formula is C23H34O5. The van der Waals surface area contributed by atoms with Crippen molar-refractivity contribution < 1.29 is 24.2 Å². The van der Waals surface area contributed by atoms with Crippen LogP contribution in [0.1, 0.15) is 59.8 Å². The van der Waals surface area contributed by atoms with Gasteiger partial charge in [0, 0.05) is 18.3 Å². The van der Waals surface area contributed by atoms with Gasteiger partial charge in [-0.2, -0.15) is 0 Å². The molecule has 0 spiro atoms. The molecule has 0 aromatic rings. The summed E-state index contributed by atoms with van der Waals surface area (Å²) in [7, 11) is 1.46. The van der Waals surface area contributed by atoms with Gasteiger partial charge in [-0.05, 0) is 45.6 Å². The van der Waals surface area contributed by atoms with Gasteiger partial charge in [0.25, 0.3) is 0 Å². The molecule has 1 saturated heterocycles. The van der Waals surface area contributed by atoms with Crippen molar-refractivity contribution >= 4 is 11.8 Å². The zero-order valence-electron chi connectivity index (χ0n) is 17.7. The van der Waals surface area contributed by atoms with E-state index in [1.807, 2.05) is 13.8 Å². The lowest BCUT2D eigenvalue weighted by Crippen LogP contribution is -2.36. The number of ketones is 1. The predicted octanol–water partition coefficient (Wildman–Crippen LogP) is 4.12. The third kappa shape index (κ3) is 5.81. The molecule has 1 heterocycles. The highest BCUT2D eigenvalue weighted by atomic mass is 16.5. The number of cyclic esters (lactones) is 1. The van der Waals surface area contributed by atoms with Crippen LogP contribution in [0.3, 0.4) is 0 Å². The summed E-state index contributed by atoms with van der Waals surface area (Å²) in [4.78, 5) is 23.7. The molecular weight excluding hydrogens is 356 g/mol. The minimum Gasteiger partial charge on any atom is -0.493 e. The fourth-order valence-corrected chi connectivity index (χ4v) is 3.96. The van der Waals surface area contributed by atoms with Crippen molar-refractivity contribution in [1.82, 2.24) is 0 Å². The van der Waals surface area contributed by atoms with E-state index in [0.29, 0.717) is 6.42 Å². The molecule has 5 heteroatoms. The van der Waals surface area contributed by atoms with Crippen LogP contribution in [0.15, 0.2) is 35.1 Å². The van der Waals surface area contributed by atoms with Crippen molar-refractivity contribution in [1.29, 1.82) is 0 Å². The van der Waals surface area contributed by atoms with Crippen LogP contribution in [0.5, 0.6) is 0 Å². The van der Waals surface area contributed by atoms with Gasteiger partial charge in [-0.1, -0.05) is 37.1 Å². The molecule has 0 unspecified atom stereocenters. The van der Waals surface area contributed by atoms with Crippen LogP contribution in [0.4, 0.5) is 0 Å². The second-order valence-corrected chi connectivity index (χ2v) is 8.32. The van der Waals surface area contributed by atoms with Gasteiger partial charge in [0.2, 0.25) is 0 Å². The summed E-state index contributed by atoms with van der Waals surface area (Å²) in [6.07, 6.45) is 9.38. The van der Waals surface area contributed by atoms with E-state index in [-0.39, 0.29) is 41.4 Å². The fraction of sp³-hybridized carbons (Fsp3) is 0.652. The number of allylic oxidation sites excluding steroid dienone is 4. The van der Waals surface area contributed by atoms with E-state index in [0.717, 1.165) is 25.7 Å². The largest absolute Gasteiger partial charge is 0.493 e. The lowest BCUT2D eigenvalue weighted by Gasteiger charge is -2.30. The number of esters is 1. The highest BCUT2D eigenvalue weighted by molar-refractivity contribution is 5.96. The minimum atomic E-state index is -0.662. The van der Waals surface area contributed by atoms with E-state index in [9.17, 15) is 14.7 Å². The van der Waals surface area contributed by atoms with Crippen LogP contribution in [-0.2, 0) is 19.1 Å². The number of rotatable bonds is 8. The number of methoxy groups -OCH3 is 1. The fourth-order valence-electron chi connectivity index (χ4n) is 3.96. The van der Waals surface area contributed by atoms with Gasteiger partial charge in [-0.3, -0.25) is 9.59 Å². The molecule has 28 heavy (non-hydrogen) atoms. The molecule has 0 aromatic carbocycles. The molecule has 0 aromatic heterocycles. The second kappa shape index (κ2) is 10.1. The summed E-state index contributed by atoms with van der Waals surface area (Å²) >= 11 is 0. The van der Waals surface area contributed by atoms with Crippen molar-refractivity contribution in [2.24, 2.45) is 17.8 Å². The molecule has 156 valence electrons. The van der Waals surface area contributed by atoms with Crippen LogP contribution in [0.25, 0.3) is 0 Å². The number of hydrogen-bond acceptors (Lipinski definition) is 5. The maximum absolute atomic E-state index is 12.2. The van der Waals surface area contributed by atoms with E-state index in [1.54, 1.807) is 0 Å². The van der Waals surface area contributed by atoms with Crippen LogP contribution in [0, 0.1) is 17.8 Å². The number of ether oxygens (including phenoxy) is 2. The van der Waals surface area contributed by atoms with E-state index in [4.69, 9.17) is 9.47 Å². The van der Waals surface area contributed by atoms with Crippen molar-refractivity contribution in [3.05, 3.63) is 35.1 Å². The Kier molecular flexibility index (Phi) is 8.05. The molecule has 0 radical (unpaired) electrons. The third-order valence-corrected chi connectivity index (χ3v) is 5.90. The first kappa shape index (κ1) is 22.4. The van der Waals surface area contributed by atoms with Crippen molar-refractivity contribution in [2.75, 3.05) is 7.11 Å². The van der Waals surface area contributed by atoms with Crippen molar-refractivity contribution in [2.45, 2.75) is 72.0 Å². The zero-order chi connectivity index (χ0) is 20.8. The van der Waals surface area contributed by atoms with Gasteiger partial charge in [0.1, 0.15) is 6.10 Å². The quantitative estimate of drug-likeness (QED) is 0.499. The molecule has 5 atom stereocenters. The van der Waals surface area contributed by atoms with Crippen molar-refractivity contribution in [3.8, 4) is 0 Å². The number of carbonyl (C=O) groups is 2. The molecule has 0 amide bonds. The summed E-state index contributed by atoms with van der Waals surface area (Å²) in [5.74, 6) is -0.205. The summed E-state index contributed by atoms with van der Waals surface area (Å²) in [5, 5.41) is 10.3. The Labute approximate surface area is 168 Å². The molecule has 2 aliphatic rings. The normalized spacial score (nSPS) is 31.6. The van der Waals surface area contributed by atoms with Gasteiger partial charge in [0.15, 0.2) is 11.5 Å². The smallest absolute Gasteiger partial charge is 0.309 e. The summed E-state index contributed by atoms with van der Waals surface area (Å²) in [5.41, 5.74) is 2.50. The minimum absolute atomic E-state index is 0.0159. The van der Waals surface area contributed by atoms with Crippen LogP contribution < -0.4 is 0 Å². The van der Waals surface area contributed by atoms with Gasteiger partial charge in [-0.15, -0.1) is 0 Å². The summed E-state index contributed by atoms with van der Waals surface area (Å²) in [6, 6.07) is 0. The molecule has 1 aliphatic heterocycles. The highest BCUT2D eigenvalue weighted by Crippen LogP contribution is 2.31. The van der Waals surface area contributed by atoms with E-state index in [1.165, 1.54) is 24.3 Å². The number of aliphatic hydroxyl groups excluding tert-OH is 1. The highest BCUT2D eigenvalue weighted by Gasteiger charge is 2.35. The van der Waals surface area contributed by atoms with E-state index < -0.39 is 6.10 Å². The Bertz CT molecular complexity index is 672. The first-order valence-electron chi connectivity index (χ1n) is 10.2. The van der Waals surface area contributed by atoms with Crippen molar-refractivity contribution in [3.63, 3.8) is 0 Å². The molecule has 1 aliphatic carbocycles. The average molecular weight is 391 g/mol. The first-order chi connectivity index (χ1) is 13.2. The topological polar surface area (TPSA) is 72.8 Å². The molecule has 1 N–H and O–H groups in total. The maximum atomic E-state index is 12.2. The van der Waals surface area contributed by atoms with Gasteiger partial charge in [0.05, 0.1) is 19.1 Å². The van der Waals surface area contributed by atoms with E-state index >= 15 is 0 Å². The maximum Gasteiger partial charge on any atom is 0.309 e. The van der Waals surface area contributed by atoms with Crippen LogP contribution >= 0.6 is 0 Å². The number of carbonyl (C=O) groups excluding carboxylic acids is 2. The monoisotopic (exact) mass is 390 g/mol. The Morgan fingerprint density at radius 3 is 2.57 bits per heavy atom. The molecule has 2 rings (SSSR count). The second-order valence-electron chi connectivity index (χ2n) is 8.32. The number of aliphatic hydroxyl groups is 1. The average Bonchev–Trinajstić information content (AvgIpc) is 2.95. The lowest BCUT2D eigenvalue weighted by atomic mass is 9.78. The number of hydrogen-bond donors (Lipinski definition) is 1. The van der Waals surface area contributed by atoms with Crippen LogP contribution in [0.2, 0.25) is 0 Å². The van der Waals surface area contributed by atoms with Gasteiger partial charge in [-0.25, -0.2) is 0 Å². The predicted molar refractivity (Wildman–Crippen MR) is 108 cm³/mol. The molecule has 1 fully saturated rings. The Morgan fingerprint density at radius 1 is 1.25 bits per heavy atom. The first-order valence-corrected chi connectivity index (χ1v) is 10.2. The Morgan fingerprint density at radius 2 is 1.96 bits per heavy atom. The lowest BCUT2D eigenvalue weighted by molar-refractivity contribution is -0.143. The summed E-state index contributed by atoms with van der Waals surface area (Å²) < 4.78 is 10.4. The van der Waals surface area contributed by atoms with E-state index in [2.05, 4.69) is 26.0 Å². The SMILES string of the molecule is COC1=C[C@H](O)[C@H](C/C=C(\C)CC/C=C(\C)C[C@@H]2C[C@@H](C)C(=O)O2)[C@@H](C)C1=O. The zero-order valence-corrected chi connectivity index (χ0v) is 17.7. The number of Topliss-reactive ketones (excluding diaryl/α,β-unsaturated/α-hetero) is 1. The standard InChI is InChI=1S/C23H34O5/c1-14(7-6-8-15(2)11-18-12-16(3)23(26)28-18)9-10-19-17(4)22(25)21(27-5)13-20(19)24/h8-9,13,16-20,24H,6-7,10-12H2,1-5H3/b14-9+,15-8+/t16-,17-,18-,19-,20+/m1/s1. The van der Waals surface area contributed by atoms with Gasteiger partial charge >= 0.3 is 5.97 Å². The Hall–Kier alpha value is -1.88. The third-order valence-electron chi connectivity index (χ3n) is 5.90. The van der Waals surface area contributed by atoms with Gasteiger partial charge < -0.3 is 14.6 Å². The molecule has 0 saturated carbocycles. The van der Waals surface area contributed by atoms with Crippen LogP contribution in [-0.4, -0.2) is 36.2 Å². The molecule has 0 bridgehead atoms. The molecule has 5 nitrogen and oxygen atoms in total.